The van der Waals surface area contributed by atoms with Crippen molar-refractivity contribution in [2.45, 2.75) is 89.3 Å². The minimum atomic E-state index is -3.73. The summed E-state index contributed by atoms with van der Waals surface area (Å²) in [5.74, 6) is 0.864. The van der Waals surface area contributed by atoms with Gasteiger partial charge in [-0.05, 0) is 107 Å². The van der Waals surface area contributed by atoms with Crippen LogP contribution in [0.3, 0.4) is 0 Å². The molecule has 0 unspecified atom stereocenters. The van der Waals surface area contributed by atoms with Crippen molar-refractivity contribution in [1.82, 2.24) is 19.9 Å². The topological polar surface area (TPSA) is 126 Å². The molecule has 5 rings (SSSR count). The van der Waals surface area contributed by atoms with E-state index in [1.165, 1.54) is 0 Å². The first kappa shape index (κ1) is 32.2. The predicted octanol–water partition coefficient (Wildman–Crippen LogP) is 6.95. The van der Waals surface area contributed by atoms with Gasteiger partial charge in [0.2, 0.25) is 5.95 Å². The molecule has 2 aromatic heterocycles. The number of amides is 1. The maximum atomic E-state index is 12.8. The van der Waals surface area contributed by atoms with E-state index in [-0.39, 0.29) is 28.9 Å². The maximum absolute atomic E-state index is 12.8. The number of carbonyl (C=O) groups is 1. The molecule has 1 saturated carbocycles. The zero-order chi connectivity index (χ0) is 32.4. The number of nitrogens with zero attached hydrogens (tertiary/aromatic N) is 4. The number of sulfonamides is 1. The van der Waals surface area contributed by atoms with Crippen molar-refractivity contribution in [1.29, 1.82) is 0 Å². The van der Waals surface area contributed by atoms with Gasteiger partial charge in [-0.3, -0.25) is 4.72 Å². The maximum Gasteiger partial charge on any atom is 0.410 e. The van der Waals surface area contributed by atoms with Crippen LogP contribution in [-0.2, 0) is 21.2 Å². The molecule has 0 spiro atoms. The Hall–Kier alpha value is -4.25. The highest BCUT2D eigenvalue weighted by Gasteiger charge is 2.29. The van der Waals surface area contributed by atoms with Crippen molar-refractivity contribution in [3.63, 3.8) is 0 Å². The van der Waals surface area contributed by atoms with E-state index in [1.807, 2.05) is 53.1 Å². The molecule has 0 saturated heterocycles. The number of ether oxygens (including phenoxy) is 1. The summed E-state index contributed by atoms with van der Waals surface area (Å²) in [6, 6.07) is 16.4. The Bertz CT molecular complexity index is 1780. The van der Waals surface area contributed by atoms with Crippen molar-refractivity contribution < 1.29 is 17.9 Å². The van der Waals surface area contributed by atoms with Crippen LogP contribution in [0.5, 0.6) is 0 Å². The Kier molecular flexibility index (Phi) is 9.29. The van der Waals surface area contributed by atoms with Gasteiger partial charge in [0, 0.05) is 42.0 Å². The van der Waals surface area contributed by atoms with Crippen LogP contribution >= 0.6 is 0 Å². The summed E-state index contributed by atoms with van der Waals surface area (Å²) in [4.78, 5) is 28.5. The molecule has 2 N–H and O–H groups in total. The van der Waals surface area contributed by atoms with E-state index in [1.54, 1.807) is 41.3 Å². The van der Waals surface area contributed by atoms with Crippen LogP contribution in [0.15, 0.2) is 65.7 Å². The number of hydrogen-bond donors (Lipinski definition) is 2. The molecule has 0 bridgehead atoms. The molecule has 4 aromatic rings. The zero-order valence-electron chi connectivity index (χ0n) is 26.8. The molecule has 0 aliphatic heterocycles. The lowest BCUT2D eigenvalue weighted by Crippen LogP contribution is -2.43. The molecule has 2 heterocycles. The summed E-state index contributed by atoms with van der Waals surface area (Å²) >= 11 is 0. The first-order valence-electron chi connectivity index (χ1n) is 15.4. The summed E-state index contributed by atoms with van der Waals surface area (Å²) < 4.78 is 33.7. The Morgan fingerprint density at radius 1 is 1.02 bits per heavy atom. The van der Waals surface area contributed by atoms with Crippen molar-refractivity contribution >= 4 is 38.8 Å². The molecule has 1 fully saturated rings. The van der Waals surface area contributed by atoms with Crippen LogP contribution in [0.25, 0.3) is 22.0 Å². The highest BCUT2D eigenvalue weighted by molar-refractivity contribution is 7.92. The number of aromatic nitrogens is 3. The molecule has 2 aromatic carbocycles. The molecule has 1 aliphatic rings. The predicted molar refractivity (Wildman–Crippen MR) is 178 cm³/mol. The monoisotopic (exact) mass is 630 g/mol. The minimum Gasteiger partial charge on any atom is -0.444 e. The van der Waals surface area contributed by atoms with Crippen molar-refractivity contribution in [3.05, 3.63) is 72.1 Å². The fraction of sp³-hybridized carbons (Fsp3) is 0.412. The summed E-state index contributed by atoms with van der Waals surface area (Å²) in [6.45, 7) is 9.61. The standard InChI is InChI=1S/C34H42N6O4S/c1-7-23-19-24(29-17-18-30(36-22(29)2)39-45(42,43)28-11-9-8-10-12-28)20-25-21-35-32(38-31(23)25)37-26-13-15-27(16-14-26)40(6)33(41)44-34(3,4)5/h8-12,17-21,26-27H,7,13-16H2,1-6H3,(H,36,39)(H,35,37,38). The average Bonchev–Trinajstić information content (AvgIpc) is 3.00. The lowest BCUT2D eigenvalue weighted by atomic mass is 9.90. The van der Waals surface area contributed by atoms with Gasteiger partial charge < -0.3 is 15.0 Å². The third-order valence-electron chi connectivity index (χ3n) is 8.09. The van der Waals surface area contributed by atoms with Gasteiger partial charge >= 0.3 is 6.09 Å². The fourth-order valence-corrected chi connectivity index (χ4v) is 6.73. The van der Waals surface area contributed by atoms with Gasteiger partial charge in [0.05, 0.1) is 10.4 Å². The van der Waals surface area contributed by atoms with E-state index in [9.17, 15) is 13.2 Å². The lowest BCUT2D eigenvalue weighted by molar-refractivity contribution is 0.0185. The van der Waals surface area contributed by atoms with Crippen LogP contribution in [0.1, 0.15) is 64.6 Å². The number of carbonyl (C=O) groups excluding carboxylic acids is 1. The van der Waals surface area contributed by atoms with E-state index in [0.717, 1.165) is 59.7 Å². The largest absolute Gasteiger partial charge is 0.444 e. The molecular weight excluding hydrogens is 588 g/mol. The van der Waals surface area contributed by atoms with Gasteiger partial charge in [-0.2, -0.15) is 0 Å². The Morgan fingerprint density at radius 2 is 1.73 bits per heavy atom. The third-order valence-corrected chi connectivity index (χ3v) is 9.46. The zero-order valence-corrected chi connectivity index (χ0v) is 27.6. The first-order valence-corrected chi connectivity index (χ1v) is 16.9. The molecular formula is C34H42N6O4S. The summed E-state index contributed by atoms with van der Waals surface area (Å²) in [5, 5.41) is 4.44. The molecule has 1 aliphatic carbocycles. The van der Waals surface area contributed by atoms with E-state index >= 15 is 0 Å². The minimum absolute atomic E-state index is 0.150. The van der Waals surface area contributed by atoms with Crippen LogP contribution in [0.4, 0.5) is 16.6 Å². The van der Waals surface area contributed by atoms with Crippen molar-refractivity contribution in [2.24, 2.45) is 0 Å². The number of hydrogen-bond acceptors (Lipinski definition) is 8. The number of pyridine rings is 1. The van der Waals surface area contributed by atoms with Gasteiger partial charge in [0.25, 0.3) is 10.0 Å². The fourth-order valence-electron chi connectivity index (χ4n) is 5.71. The first-order chi connectivity index (χ1) is 21.3. The van der Waals surface area contributed by atoms with Crippen LogP contribution in [-0.4, -0.2) is 59.1 Å². The SMILES string of the molecule is CCc1cc(-c2ccc(NS(=O)(=O)c3ccccc3)nc2C)cc2cnc(NC3CCC(N(C)C(=O)OC(C)(C)C)CC3)nc12. The number of rotatable bonds is 8. The highest BCUT2D eigenvalue weighted by atomic mass is 32.2. The van der Waals surface area contributed by atoms with Gasteiger partial charge in [-0.1, -0.05) is 25.1 Å². The molecule has 45 heavy (non-hydrogen) atoms. The summed E-state index contributed by atoms with van der Waals surface area (Å²) in [6.07, 6.45) is 5.92. The van der Waals surface area contributed by atoms with Gasteiger partial charge in [0.15, 0.2) is 0 Å². The number of anilines is 2. The summed E-state index contributed by atoms with van der Waals surface area (Å²) in [7, 11) is -1.92. The second-order valence-corrected chi connectivity index (χ2v) is 14.3. The van der Waals surface area contributed by atoms with E-state index in [0.29, 0.717) is 11.6 Å². The second-order valence-electron chi connectivity index (χ2n) is 12.6. The van der Waals surface area contributed by atoms with Crippen molar-refractivity contribution in [2.75, 3.05) is 17.1 Å². The van der Waals surface area contributed by atoms with Gasteiger partial charge in [-0.25, -0.2) is 28.2 Å². The number of fused-ring (bicyclic) bond motifs is 1. The third kappa shape index (κ3) is 7.70. The average molecular weight is 631 g/mol. The molecule has 0 atom stereocenters. The second kappa shape index (κ2) is 13.0. The van der Waals surface area contributed by atoms with Crippen LogP contribution < -0.4 is 10.0 Å². The molecule has 238 valence electrons. The molecule has 11 heteroatoms. The van der Waals surface area contributed by atoms with Crippen molar-refractivity contribution in [3.8, 4) is 11.1 Å². The normalized spacial score (nSPS) is 17.1. The van der Waals surface area contributed by atoms with Gasteiger partial charge in [0.1, 0.15) is 11.4 Å². The molecule has 10 nitrogen and oxygen atoms in total. The Labute approximate surface area is 265 Å². The molecule has 0 radical (unpaired) electrons. The number of aryl methyl sites for hydroxylation is 2. The van der Waals surface area contributed by atoms with E-state index in [2.05, 4.69) is 33.0 Å². The quantitative estimate of drug-likeness (QED) is 0.214. The highest BCUT2D eigenvalue weighted by Crippen LogP contribution is 2.31. The molecule has 1 amide bonds. The smallest absolute Gasteiger partial charge is 0.410 e. The van der Waals surface area contributed by atoms with Crippen LogP contribution in [0, 0.1) is 6.92 Å². The van der Waals surface area contributed by atoms with E-state index < -0.39 is 15.6 Å². The summed E-state index contributed by atoms with van der Waals surface area (Å²) in [5.41, 5.74) is 4.06. The van der Waals surface area contributed by atoms with E-state index in [4.69, 9.17) is 9.72 Å². The Morgan fingerprint density at radius 3 is 2.38 bits per heavy atom. The lowest BCUT2D eigenvalue weighted by Gasteiger charge is -2.35. The number of benzene rings is 2. The van der Waals surface area contributed by atoms with Crippen LogP contribution in [0.2, 0.25) is 0 Å². The number of nitrogens with one attached hydrogen (secondary N) is 2. The van der Waals surface area contributed by atoms with Gasteiger partial charge in [-0.15, -0.1) is 0 Å². The Balaban J connectivity index is 1.28.